The highest BCUT2D eigenvalue weighted by molar-refractivity contribution is 6.09. The van der Waals surface area contributed by atoms with Crippen molar-refractivity contribution < 1.29 is 9.59 Å². The molecule has 0 aromatic carbocycles. The monoisotopic (exact) mass is 114 g/mol. The number of hydrogen-bond acceptors (Lipinski definition) is 3. The zero-order valence-corrected chi connectivity index (χ0v) is 4.18. The lowest BCUT2D eigenvalue weighted by molar-refractivity contribution is -0.119. The van der Waals surface area contributed by atoms with E-state index in [0.717, 1.165) is 0 Å². The highest BCUT2D eigenvalue weighted by Gasteiger charge is 1.99. The summed E-state index contributed by atoms with van der Waals surface area (Å²) in [5.74, 6) is 3.98. The van der Waals surface area contributed by atoms with Gasteiger partial charge in [-0.1, -0.05) is 6.58 Å². The molecule has 0 aromatic rings. The first kappa shape index (κ1) is 6.84. The normalized spacial score (nSPS) is 7.62. The van der Waals surface area contributed by atoms with Crippen molar-refractivity contribution in [2.24, 2.45) is 5.84 Å². The summed E-state index contributed by atoms with van der Waals surface area (Å²) in [4.78, 5) is 19.9. The summed E-state index contributed by atoms with van der Waals surface area (Å²) >= 11 is 0. The molecule has 0 aromatic heterocycles. The van der Waals surface area contributed by atoms with Gasteiger partial charge in [0.05, 0.1) is 5.57 Å². The number of hydrazine groups is 1. The smallest absolute Gasteiger partial charge is 0.267 e. The van der Waals surface area contributed by atoms with E-state index in [1.807, 2.05) is 0 Å². The van der Waals surface area contributed by atoms with Crippen LogP contribution in [0.4, 0.5) is 0 Å². The Labute approximate surface area is 46.3 Å². The second-order valence-electron chi connectivity index (χ2n) is 1.12. The van der Waals surface area contributed by atoms with Gasteiger partial charge in [-0.25, -0.2) is 5.84 Å². The average molecular weight is 114 g/mol. The van der Waals surface area contributed by atoms with Gasteiger partial charge in [-0.15, -0.1) is 0 Å². The SMILES string of the molecule is C=C(C=O)C(=O)NN. The summed E-state index contributed by atoms with van der Waals surface area (Å²) in [5.41, 5.74) is 1.57. The molecule has 0 radical (unpaired) electrons. The molecule has 0 bridgehead atoms. The second kappa shape index (κ2) is 2.92. The molecule has 0 heterocycles. The van der Waals surface area contributed by atoms with Gasteiger partial charge in [0.15, 0.2) is 6.29 Å². The van der Waals surface area contributed by atoms with Crippen molar-refractivity contribution >= 4 is 12.2 Å². The van der Waals surface area contributed by atoms with Crippen LogP contribution in [-0.2, 0) is 9.59 Å². The van der Waals surface area contributed by atoms with Crippen LogP contribution in [0.1, 0.15) is 0 Å². The Morgan fingerprint density at radius 3 is 2.38 bits per heavy atom. The van der Waals surface area contributed by atoms with Crippen molar-refractivity contribution in [3.8, 4) is 0 Å². The summed E-state index contributed by atoms with van der Waals surface area (Å²) in [6.45, 7) is 3.08. The van der Waals surface area contributed by atoms with Gasteiger partial charge in [-0.2, -0.15) is 0 Å². The van der Waals surface area contributed by atoms with Crippen LogP contribution in [0, 0.1) is 0 Å². The Morgan fingerprint density at radius 1 is 1.75 bits per heavy atom. The summed E-state index contributed by atoms with van der Waals surface area (Å²) in [5, 5.41) is 0. The van der Waals surface area contributed by atoms with E-state index in [9.17, 15) is 9.59 Å². The molecule has 0 atom stereocenters. The Hall–Kier alpha value is -1.16. The third-order valence-corrected chi connectivity index (χ3v) is 0.565. The first-order chi connectivity index (χ1) is 3.72. The van der Waals surface area contributed by atoms with Crippen LogP contribution in [0.5, 0.6) is 0 Å². The Balaban J connectivity index is 3.82. The van der Waals surface area contributed by atoms with Crippen molar-refractivity contribution in [2.75, 3.05) is 0 Å². The number of nitrogens with two attached hydrogens (primary N) is 1. The molecule has 3 N–H and O–H groups in total. The number of carbonyl (C=O) groups is 2. The summed E-state index contributed by atoms with van der Waals surface area (Å²) < 4.78 is 0. The van der Waals surface area contributed by atoms with Gasteiger partial charge < -0.3 is 0 Å². The van der Waals surface area contributed by atoms with Crippen LogP contribution in [0.3, 0.4) is 0 Å². The van der Waals surface area contributed by atoms with E-state index >= 15 is 0 Å². The molecule has 0 spiro atoms. The minimum absolute atomic E-state index is 0.174. The Morgan fingerprint density at radius 2 is 2.25 bits per heavy atom. The van der Waals surface area contributed by atoms with Crippen LogP contribution in [0.2, 0.25) is 0 Å². The molecule has 0 fully saturated rings. The molecule has 0 aliphatic carbocycles. The van der Waals surface area contributed by atoms with Crippen molar-refractivity contribution in [3.05, 3.63) is 12.2 Å². The minimum atomic E-state index is -0.653. The second-order valence-corrected chi connectivity index (χ2v) is 1.12. The van der Waals surface area contributed by atoms with Crippen molar-refractivity contribution in [1.29, 1.82) is 0 Å². The molecule has 4 nitrogen and oxygen atoms in total. The summed E-state index contributed by atoms with van der Waals surface area (Å²) in [6.07, 6.45) is 0.336. The molecular formula is C4H6N2O2. The largest absolute Gasteiger partial charge is 0.298 e. The molecule has 0 aliphatic rings. The topological polar surface area (TPSA) is 72.2 Å². The van der Waals surface area contributed by atoms with Gasteiger partial charge in [0.1, 0.15) is 0 Å². The zero-order valence-electron chi connectivity index (χ0n) is 4.18. The van der Waals surface area contributed by atoms with Gasteiger partial charge in [-0.3, -0.25) is 15.0 Å². The van der Waals surface area contributed by atoms with Gasteiger partial charge in [0, 0.05) is 0 Å². The first-order valence-corrected chi connectivity index (χ1v) is 1.87. The number of aldehydes is 1. The van der Waals surface area contributed by atoms with Crippen molar-refractivity contribution in [3.63, 3.8) is 0 Å². The molecule has 0 aliphatic heterocycles. The van der Waals surface area contributed by atoms with E-state index in [4.69, 9.17) is 0 Å². The maximum atomic E-state index is 10.2. The minimum Gasteiger partial charge on any atom is -0.298 e. The van der Waals surface area contributed by atoms with Crippen LogP contribution in [0.25, 0.3) is 0 Å². The Bertz CT molecular complexity index is 130. The van der Waals surface area contributed by atoms with Crippen LogP contribution >= 0.6 is 0 Å². The standard InChI is InChI=1S/C4H6N2O2/c1-3(2-7)4(8)6-5/h2H,1,5H2,(H,6,8). The molecule has 4 heteroatoms. The van der Waals surface area contributed by atoms with E-state index in [2.05, 4.69) is 12.4 Å². The van der Waals surface area contributed by atoms with Gasteiger partial charge in [0.2, 0.25) is 0 Å². The van der Waals surface area contributed by atoms with Crippen LogP contribution in [0.15, 0.2) is 12.2 Å². The summed E-state index contributed by atoms with van der Waals surface area (Å²) in [7, 11) is 0. The average Bonchev–Trinajstić information content (AvgIpc) is 1.84. The first-order valence-electron chi connectivity index (χ1n) is 1.87. The highest BCUT2D eigenvalue weighted by Crippen LogP contribution is 1.78. The number of nitrogens with one attached hydrogen (secondary N) is 1. The third-order valence-electron chi connectivity index (χ3n) is 0.565. The van der Waals surface area contributed by atoms with E-state index in [0.29, 0.717) is 6.29 Å². The maximum Gasteiger partial charge on any atom is 0.267 e. The lowest BCUT2D eigenvalue weighted by atomic mass is 10.3. The maximum absolute atomic E-state index is 10.2. The van der Waals surface area contributed by atoms with Crippen LogP contribution < -0.4 is 11.3 Å². The fraction of sp³-hybridized carbons (Fsp3) is 0. The molecule has 0 saturated heterocycles. The lowest BCUT2D eigenvalue weighted by Crippen LogP contribution is -2.31. The molecule has 0 rings (SSSR count). The van der Waals surface area contributed by atoms with Gasteiger partial charge >= 0.3 is 0 Å². The zero-order chi connectivity index (χ0) is 6.57. The fourth-order valence-electron chi connectivity index (χ4n) is 0.146. The lowest BCUT2D eigenvalue weighted by Gasteiger charge is -1.91. The van der Waals surface area contributed by atoms with Crippen molar-refractivity contribution in [2.45, 2.75) is 0 Å². The van der Waals surface area contributed by atoms with Gasteiger partial charge in [0.25, 0.3) is 5.91 Å². The van der Waals surface area contributed by atoms with E-state index in [1.165, 1.54) is 0 Å². The number of rotatable bonds is 2. The highest BCUT2D eigenvalue weighted by atomic mass is 16.2. The molecule has 44 valence electrons. The molecule has 0 saturated carbocycles. The molecular weight excluding hydrogens is 108 g/mol. The van der Waals surface area contributed by atoms with Crippen molar-refractivity contribution in [1.82, 2.24) is 5.43 Å². The fourth-order valence-corrected chi connectivity index (χ4v) is 0.146. The predicted octanol–water partition coefficient (Wildman–Crippen LogP) is -1.27. The number of carbonyl (C=O) groups excluding carboxylic acids is 2. The molecule has 0 unspecified atom stereocenters. The third kappa shape index (κ3) is 1.53. The predicted molar refractivity (Wildman–Crippen MR) is 27.5 cm³/mol. The number of amides is 1. The van der Waals surface area contributed by atoms with E-state index in [1.54, 1.807) is 5.43 Å². The van der Waals surface area contributed by atoms with E-state index in [-0.39, 0.29) is 5.57 Å². The number of hydrogen-bond donors (Lipinski definition) is 2. The van der Waals surface area contributed by atoms with Gasteiger partial charge in [-0.05, 0) is 0 Å². The van der Waals surface area contributed by atoms with Crippen LogP contribution in [-0.4, -0.2) is 12.2 Å². The Kier molecular flexibility index (Phi) is 2.50. The van der Waals surface area contributed by atoms with E-state index < -0.39 is 5.91 Å². The quantitative estimate of drug-likeness (QED) is 0.0894. The molecule has 8 heavy (non-hydrogen) atoms. The molecule has 1 amide bonds. The summed E-state index contributed by atoms with van der Waals surface area (Å²) in [6, 6.07) is 0.